The lowest BCUT2D eigenvalue weighted by molar-refractivity contribution is 0.0667. The molecule has 1 aliphatic heterocycles. The molecule has 2 fully saturated rings. The van der Waals surface area contributed by atoms with Gasteiger partial charge in [0.15, 0.2) is 0 Å². The Morgan fingerprint density at radius 1 is 1.32 bits per heavy atom. The molecule has 5 nitrogen and oxygen atoms in total. The summed E-state index contributed by atoms with van der Waals surface area (Å²) in [4.78, 5) is 23.1. The van der Waals surface area contributed by atoms with Crippen LogP contribution in [0.3, 0.4) is 0 Å². The predicted octanol–water partition coefficient (Wildman–Crippen LogP) is 1.18. The molecule has 1 saturated carbocycles. The molecule has 1 amide bonds. The van der Waals surface area contributed by atoms with Crippen molar-refractivity contribution in [2.45, 2.75) is 44.7 Å². The van der Waals surface area contributed by atoms with Gasteiger partial charge < -0.3 is 10.2 Å². The summed E-state index contributed by atoms with van der Waals surface area (Å²) in [5.41, 5.74) is 0.540. The summed E-state index contributed by atoms with van der Waals surface area (Å²) in [5, 5.41) is 3.43. The number of nitrogens with zero attached hydrogens (tertiary/aromatic N) is 3. The number of amides is 1. The Balaban J connectivity index is 1.77. The number of nitrogens with one attached hydrogen (secondary N) is 1. The number of piperazine rings is 1. The Labute approximate surface area is 113 Å². The molecule has 0 aromatic carbocycles. The van der Waals surface area contributed by atoms with Gasteiger partial charge in [0, 0.05) is 37.3 Å². The third kappa shape index (κ3) is 2.76. The zero-order valence-electron chi connectivity index (χ0n) is 11.5. The first-order chi connectivity index (χ1) is 9.13. The molecule has 0 bridgehead atoms. The third-order valence-corrected chi connectivity index (χ3v) is 3.68. The maximum atomic E-state index is 12.5. The maximum absolute atomic E-state index is 12.5. The van der Waals surface area contributed by atoms with Gasteiger partial charge in [-0.1, -0.05) is 0 Å². The van der Waals surface area contributed by atoms with Crippen molar-refractivity contribution in [1.29, 1.82) is 0 Å². The highest BCUT2D eigenvalue weighted by Gasteiger charge is 2.29. The van der Waals surface area contributed by atoms with Gasteiger partial charge in [-0.15, -0.1) is 0 Å². The van der Waals surface area contributed by atoms with Crippen LogP contribution in [-0.2, 0) is 0 Å². The van der Waals surface area contributed by atoms with Gasteiger partial charge in [-0.05, 0) is 32.8 Å². The molecule has 2 heterocycles. The van der Waals surface area contributed by atoms with Crippen LogP contribution in [0.5, 0.6) is 0 Å². The van der Waals surface area contributed by atoms with E-state index in [1.807, 2.05) is 4.90 Å². The van der Waals surface area contributed by atoms with Crippen molar-refractivity contribution >= 4 is 5.91 Å². The van der Waals surface area contributed by atoms with E-state index in [-0.39, 0.29) is 5.91 Å². The molecule has 0 unspecified atom stereocenters. The second-order valence-electron chi connectivity index (χ2n) is 5.75. The molecule has 1 N–H and O–H groups in total. The normalized spacial score (nSPS) is 27.4. The Morgan fingerprint density at radius 2 is 2.00 bits per heavy atom. The summed E-state index contributed by atoms with van der Waals surface area (Å²) in [6, 6.07) is 2.39. The first-order valence-corrected chi connectivity index (χ1v) is 7.01. The monoisotopic (exact) mass is 260 g/mol. The van der Waals surface area contributed by atoms with Crippen molar-refractivity contribution in [2.24, 2.45) is 0 Å². The zero-order valence-corrected chi connectivity index (χ0v) is 11.5. The van der Waals surface area contributed by atoms with Crippen LogP contribution in [0.1, 0.15) is 48.9 Å². The molecule has 102 valence electrons. The number of hydrogen-bond acceptors (Lipinski definition) is 4. The molecular formula is C14H20N4O. The van der Waals surface area contributed by atoms with E-state index in [1.165, 1.54) is 0 Å². The highest BCUT2D eigenvalue weighted by Crippen LogP contribution is 2.37. The zero-order chi connectivity index (χ0) is 13.4. The van der Waals surface area contributed by atoms with Crippen LogP contribution in [0.2, 0.25) is 0 Å². The molecule has 1 saturated heterocycles. The van der Waals surface area contributed by atoms with Gasteiger partial charge in [0.2, 0.25) is 0 Å². The van der Waals surface area contributed by atoms with Crippen LogP contribution >= 0.6 is 0 Å². The molecule has 19 heavy (non-hydrogen) atoms. The fraction of sp³-hybridized carbons (Fsp3) is 0.643. The lowest BCUT2D eigenvalue weighted by Gasteiger charge is -2.35. The Morgan fingerprint density at radius 3 is 2.63 bits per heavy atom. The van der Waals surface area contributed by atoms with E-state index in [2.05, 4.69) is 29.1 Å². The lowest BCUT2D eigenvalue weighted by Crippen LogP contribution is -2.55. The molecule has 2 aliphatic rings. The van der Waals surface area contributed by atoms with Crippen molar-refractivity contribution < 1.29 is 4.79 Å². The van der Waals surface area contributed by atoms with Gasteiger partial charge >= 0.3 is 0 Å². The van der Waals surface area contributed by atoms with Gasteiger partial charge in [0.25, 0.3) is 5.91 Å². The average molecular weight is 260 g/mol. The minimum atomic E-state index is 0.0319. The van der Waals surface area contributed by atoms with Gasteiger partial charge in [0.1, 0.15) is 11.5 Å². The molecule has 5 heteroatoms. The minimum Gasteiger partial charge on any atom is -0.334 e. The van der Waals surface area contributed by atoms with Crippen LogP contribution in [0.4, 0.5) is 0 Å². The van der Waals surface area contributed by atoms with Gasteiger partial charge in [0.05, 0.1) is 0 Å². The fourth-order valence-corrected chi connectivity index (χ4v) is 2.69. The van der Waals surface area contributed by atoms with E-state index in [9.17, 15) is 4.79 Å². The molecule has 3 rings (SSSR count). The third-order valence-electron chi connectivity index (χ3n) is 3.68. The summed E-state index contributed by atoms with van der Waals surface area (Å²) in [5.74, 6) is 1.35. The van der Waals surface area contributed by atoms with Crippen LogP contribution < -0.4 is 5.32 Å². The second kappa shape index (κ2) is 4.89. The van der Waals surface area contributed by atoms with E-state index >= 15 is 0 Å². The van der Waals surface area contributed by atoms with Crippen molar-refractivity contribution in [1.82, 2.24) is 20.2 Å². The number of rotatable bonds is 2. The van der Waals surface area contributed by atoms with E-state index in [0.29, 0.717) is 23.7 Å². The molecule has 1 aliphatic carbocycles. The SMILES string of the molecule is C[C@@H]1CN(C(=O)c2ccnc(C3CC3)n2)C[C@@H](C)N1. The highest BCUT2D eigenvalue weighted by molar-refractivity contribution is 5.92. The molecular weight excluding hydrogens is 240 g/mol. The average Bonchev–Trinajstić information content (AvgIpc) is 3.21. The molecule has 0 radical (unpaired) electrons. The van der Waals surface area contributed by atoms with Crippen LogP contribution in [0.25, 0.3) is 0 Å². The number of aromatic nitrogens is 2. The van der Waals surface area contributed by atoms with Crippen molar-refractivity contribution in [3.05, 3.63) is 23.8 Å². The summed E-state index contributed by atoms with van der Waals surface area (Å²) < 4.78 is 0. The van der Waals surface area contributed by atoms with Gasteiger partial charge in [-0.3, -0.25) is 4.79 Å². The largest absolute Gasteiger partial charge is 0.334 e. The van der Waals surface area contributed by atoms with E-state index in [1.54, 1.807) is 12.3 Å². The molecule has 1 aromatic heterocycles. The standard InChI is InChI=1S/C14H20N4O/c1-9-7-18(8-10(2)16-9)14(19)12-5-6-15-13(17-12)11-3-4-11/h5-6,9-11,16H,3-4,7-8H2,1-2H3/t9-,10-/m1/s1. The highest BCUT2D eigenvalue weighted by atomic mass is 16.2. The van der Waals surface area contributed by atoms with E-state index in [0.717, 1.165) is 31.8 Å². The fourth-order valence-electron chi connectivity index (χ4n) is 2.69. The first kappa shape index (κ1) is 12.5. The van der Waals surface area contributed by atoms with E-state index < -0.39 is 0 Å². The Bertz CT molecular complexity index is 476. The summed E-state index contributed by atoms with van der Waals surface area (Å²) in [6.45, 7) is 5.69. The topological polar surface area (TPSA) is 58.1 Å². The summed E-state index contributed by atoms with van der Waals surface area (Å²) in [7, 11) is 0. The van der Waals surface area contributed by atoms with Gasteiger partial charge in [-0.25, -0.2) is 9.97 Å². The van der Waals surface area contributed by atoms with Crippen LogP contribution in [-0.4, -0.2) is 45.9 Å². The number of carbonyl (C=O) groups is 1. The molecule has 0 spiro atoms. The smallest absolute Gasteiger partial charge is 0.272 e. The Kier molecular flexibility index (Phi) is 3.22. The summed E-state index contributed by atoms with van der Waals surface area (Å²) in [6.07, 6.45) is 4.02. The molecule has 2 atom stereocenters. The van der Waals surface area contributed by atoms with E-state index in [4.69, 9.17) is 0 Å². The summed E-state index contributed by atoms with van der Waals surface area (Å²) >= 11 is 0. The van der Waals surface area contributed by atoms with Crippen LogP contribution in [0, 0.1) is 0 Å². The quantitative estimate of drug-likeness (QED) is 0.867. The first-order valence-electron chi connectivity index (χ1n) is 7.01. The maximum Gasteiger partial charge on any atom is 0.272 e. The van der Waals surface area contributed by atoms with Crippen LogP contribution in [0.15, 0.2) is 12.3 Å². The minimum absolute atomic E-state index is 0.0319. The number of hydrogen-bond donors (Lipinski definition) is 1. The second-order valence-corrected chi connectivity index (χ2v) is 5.75. The predicted molar refractivity (Wildman–Crippen MR) is 72.0 cm³/mol. The number of carbonyl (C=O) groups excluding carboxylic acids is 1. The Hall–Kier alpha value is -1.49. The lowest BCUT2D eigenvalue weighted by atomic mass is 10.1. The van der Waals surface area contributed by atoms with Crippen molar-refractivity contribution in [3.63, 3.8) is 0 Å². The van der Waals surface area contributed by atoms with Crippen molar-refractivity contribution in [3.8, 4) is 0 Å². The van der Waals surface area contributed by atoms with Gasteiger partial charge in [-0.2, -0.15) is 0 Å². The molecule has 1 aromatic rings. The van der Waals surface area contributed by atoms with Crippen molar-refractivity contribution in [2.75, 3.05) is 13.1 Å².